The fourth-order valence-electron chi connectivity index (χ4n) is 1.52. The summed E-state index contributed by atoms with van der Waals surface area (Å²) < 4.78 is 10.2. The standard InChI is InChI=1S/C15H22O3/c1-12(2)10-11-18-15(16)9-6-13-4-7-14(17-3)8-5-13/h4-5,7-8,12H,6,9-11H2,1-3H3. The number of carbonyl (C=O) groups excluding carboxylic acids is 1. The van der Waals surface area contributed by atoms with E-state index in [-0.39, 0.29) is 5.97 Å². The van der Waals surface area contributed by atoms with Crippen LogP contribution in [0.1, 0.15) is 32.3 Å². The molecule has 0 radical (unpaired) electrons. The van der Waals surface area contributed by atoms with Crippen LogP contribution in [0, 0.1) is 5.92 Å². The van der Waals surface area contributed by atoms with Gasteiger partial charge in [0, 0.05) is 6.42 Å². The van der Waals surface area contributed by atoms with Crippen molar-refractivity contribution in [2.45, 2.75) is 33.1 Å². The summed E-state index contributed by atoms with van der Waals surface area (Å²) in [7, 11) is 1.64. The Labute approximate surface area is 109 Å². The highest BCUT2D eigenvalue weighted by Crippen LogP contribution is 2.12. The minimum absolute atomic E-state index is 0.119. The number of ether oxygens (including phenoxy) is 2. The van der Waals surface area contributed by atoms with E-state index in [0.29, 0.717) is 25.4 Å². The van der Waals surface area contributed by atoms with E-state index in [0.717, 1.165) is 17.7 Å². The van der Waals surface area contributed by atoms with Gasteiger partial charge in [-0.05, 0) is 36.5 Å². The lowest BCUT2D eigenvalue weighted by Gasteiger charge is -2.07. The third kappa shape index (κ3) is 5.71. The van der Waals surface area contributed by atoms with Crippen LogP contribution in [0.2, 0.25) is 0 Å². The van der Waals surface area contributed by atoms with Crippen LogP contribution in [0.3, 0.4) is 0 Å². The van der Waals surface area contributed by atoms with Gasteiger partial charge in [0.15, 0.2) is 0 Å². The van der Waals surface area contributed by atoms with Crippen LogP contribution in [0.4, 0.5) is 0 Å². The lowest BCUT2D eigenvalue weighted by Crippen LogP contribution is -2.08. The van der Waals surface area contributed by atoms with Crippen molar-refractivity contribution in [3.63, 3.8) is 0 Å². The molecule has 0 aliphatic heterocycles. The molecule has 0 aromatic heterocycles. The Kier molecular flexibility index (Phi) is 6.26. The Morgan fingerprint density at radius 1 is 1.22 bits per heavy atom. The smallest absolute Gasteiger partial charge is 0.306 e. The van der Waals surface area contributed by atoms with Gasteiger partial charge in [-0.3, -0.25) is 4.79 Å². The lowest BCUT2D eigenvalue weighted by atomic mass is 10.1. The van der Waals surface area contributed by atoms with Crippen LogP contribution in [0.5, 0.6) is 5.75 Å². The van der Waals surface area contributed by atoms with Crippen molar-refractivity contribution in [1.82, 2.24) is 0 Å². The molecule has 0 saturated heterocycles. The molecule has 0 heterocycles. The third-order valence-corrected chi connectivity index (χ3v) is 2.74. The van der Waals surface area contributed by atoms with Crippen LogP contribution < -0.4 is 4.74 Å². The Balaban J connectivity index is 2.24. The number of carbonyl (C=O) groups is 1. The van der Waals surface area contributed by atoms with Gasteiger partial charge in [-0.25, -0.2) is 0 Å². The molecule has 18 heavy (non-hydrogen) atoms. The molecule has 0 spiro atoms. The predicted molar refractivity (Wildman–Crippen MR) is 71.7 cm³/mol. The minimum Gasteiger partial charge on any atom is -0.497 e. The van der Waals surface area contributed by atoms with Crippen molar-refractivity contribution in [2.75, 3.05) is 13.7 Å². The van der Waals surface area contributed by atoms with E-state index in [2.05, 4.69) is 13.8 Å². The molecular weight excluding hydrogens is 228 g/mol. The van der Waals surface area contributed by atoms with Gasteiger partial charge in [-0.2, -0.15) is 0 Å². The highest BCUT2D eigenvalue weighted by Gasteiger charge is 2.04. The largest absolute Gasteiger partial charge is 0.497 e. The van der Waals surface area contributed by atoms with Crippen LogP contribution in [0.25, 0.3) is 0 Å². The van der Waals surface area contributed by atoms with Gasteiger partial charge in [0.05, 0.1) is 13.7 Å². The first-order chi connectivity index (χ1) is 8.61. The van der Waals surface area contributed by atoms with E-state index >= 15 is 0 Å². The zero-order valence-electron chi connectivity index (χ0n) is 11.4. The number of esters is 1. The molecule has 0 bridgehead atoms. The number of hydrogen-bond donors (Lipinski definition) is 0. The molecule has 1 rings (SSSR count). The number of aryl methyl sites for hydroxylation is 1. The Morgan fingerprint density at radius 2 is 1.89 bits per heavy atom. The molecule has 100 valence electrons. The first-order valence-corrected chi connectivity index (χ1v) is 6.40. The van der Waals surface area contributed by atoms with E-state index < -0.39 is 0 Å². The Bertz CT molecular complexity index is 355. The fraction of sp³-hybridized carbons (Fsp3) is 0.533. The van der Waals surface area contributed by atoms with E-state index in [4.69, 9.17) is 9.47 Å². The van der Waals surface area contributed by atoms with E-state index in [1.54, 1.807) is 7.11 Å². The molecule has 0 unspecified atom stereocenters. The molecule has 0 aliphatic rings. The second-order valence-electron chi connectivity index (χ2n) is 4.75. The maximum absolute atomic E-state index is 11.5. The number of methoxy groups -OCH3 is 1. The first kappa shape index (κ1) is 14.6. The van der Waals surface area contributed by atoms with Crippen LogP contribution >= 0.6 is 0 Å². The summed E-state index contributed by atoms with van der Waals surface area (Å²) >= 11 is 0. The van der Waals surface area contributed by atoms with Gasteiger partial charge in [0.25, 0.3) is 0 Å². The SMILES string of the molecule is COc1ccc(CCC(=O)OCCC(C)C)cc1. The molecule has 1 aromatic carbocycles. The van der Waals surface area contributed by atoms with Gasteiger partial charge in [0.2, 0.25) is 0 Å². The zero-order chi connectivity index (χ0) is 13.4. The monoisotopic (exact) mass is 250 g/mol. The van der Waals surface area contributed by atoms with E-state index in [1.165, 1.54) is 0 Å². The second kappa shape index (κ2) is 7.75. The summed E-state index contributed by atoms with van der Waals surface area (Å²) in [6, 6.07) is 7.75. The zero-order valence-corrected chi connectivity index (χ0v) is 11.4. The van der Waals surface area contributed by atoms with Crippen molar-refractivity contribution in [2.24, 2.45) is 5.92 Å². The summed E-state index contributed by atoms with van der Waals surface area (Å²) in [4.78, 5) is 11.5. The van der Waals surface area contributed by atoms with Gasteiger partial charge in [-0.1, -0.05) is 26.0 Å². The topological polar surface area (TPSA) is 35.5 Å². The molecule has 0 atom stereocenters. The minimum atomic E-state index is -0.119. The molecule has 1 aromatic rings. The maximum atomic E-state index is 11.5. The molecule has 0 N–H and O–H groups in total. The number of rotatable bonds is 7. The summed E-state index contributed by atoms with van der Waals surface area (Å²) in [5, 5.41) is 0. The van der Waals surface area contributed by atoms with Crippen LogP contribution in [-0.2, 0) is 16.0 Å². The van der Waals surface area contributed by atoms with Crippen LogP contribution in [-0.4, -0.2) is 19.7 Å². The maximum Gasteiger partial charge on any atom is 0.306 e. The highest BCUT2D eigenvalue weighted by molar-refractivity contribution is 5.69. The highest BCUT2D eigenvalue weighted by atomic mass is 16.5. The number of benzene rings is 1. The Morgan fingerprint density at radius 3 is 2.44 bits per heavy atom. The average Bonchev–Trinajstić information content (AvgIpc) is 2.36. The molecule has 3 heteroatoms. The summed E-state index contributed by atoms with van der Waals surface area (Å²) in [5.74, 6) is 1.28. The second-order valence-corrected chi connectivity index (χ2v) is 4.75. The molecule has 0 amide bonds. The van der Waals surface area contributed by atoms with E-state index in [9.17, 15) is 4.79 Å². The molecule has 0 fully saturated rings. The van der Waals surface area contributed by atoms with Crippen LogP contribution in [0.15, 0.2) is 24.3 Å². The summed E-state index contributed by atoms with van der Waals surface area (Å²) in [5.41, 5.74) is 1.12. The van der Waals surface area contributed by atoms with Gasteiger partial charge in [-0.15, -0.1) is 0 Å². The molecule has 0 saturated carbocycles. The van der Waals surface area contributed by atoms with Crippen molar-refractivity contribution in [3.05, 3.63) is 29.8 Å². The molecular formula is C15H22O3. The van der Waals surface area contributed by atoms with E-state index in [1.807, 2.05) is 24.3 Å². The first-order valence-electron chi connectivity index (χ1n) is 6.40. The molecule has 0 aliphatic carbocycles. The van der Waals surface area contributed by atoms with Gasteiger partial charge in [0.1, 0.15) is 5.75 Å². The predicted octanol–water partition coefficient (Wildman–Crippen LogP) is 3.22. The summed E-state index contributed by atoms with van der Waals surface area (Å²) in [6.45, 7) is 4.76. The Hall–Kier alpha value is -1.51. The van der Waals surface area contributed by atoms with Crippen molar-refractivity contribution in [1.29, 1.82) is 0 Å². The van der Waals surface area contributed by atoms with Crippen molar-refractivity contribution in [3.8, 4) is 5.75 Å². The lowest BCUT2D eigenvalue weighted by molar-refractivity contribution is -0.143. The summed E-state index contributed by atoms with van der Waals surface area (Å²) in [6.07, 6.45) is 2.07. The average molecular weight is 250 g/mol. The van der Waals surface area contributed by atoms with Gasteiger partial charge < -0.3 is 9.47 Å². The normalized spacial score (nSPS) is 10.4. The van der Waals surface area contributed by atoms with Gasteiger partial charge >= 0.3 is 5.97 Å². The van der Waals surface area contributed by atoms with Crippen molar-refractivity contribution >= 4 is 5.97 Å². The van der Waals surface area contributed by atoms with Crippen molar-refractivity contribution < 1.29 is 14.3 Å². The fourth-order valence-corrected chi connectivity index (χ4v) is 1.52. The number of hydrogen-bond acceptors (Lipinski definition) is 3. The molecule has 3 nitrogen and oxygen atoms in total. The third-order valence-electron chi connectivity index (χ3n) is 2.74. The quantitative estimate of drug-likeness (QED) is 0.697.